The summed E-state index contributed by atoms with van der Waals surface area (Å²) >= 11 is 0. The number of aromatic amines is 1. The van der Waals surface area contributed by atoms with Crippen molar-refractivity contribution in [3.8, 4) is 0 Å². The Labute approximate surface area is 74.2 Å². The number of hydrogen-bond donors (Lipinski definition) is 1. The van der Waals surface area contributed by atoms with Gasteiger partial charge in [-0.25, -0.2) is 9.89 Å². The Morgan fingerprint density at radius 1 is 1.31 bits per heavy atom. The van der Waals surface area contributed by atoms with E-state index in [0.717, 1.165) is 5.56 Å². The summed E-state index contributed by atoms with van der Waals surface area (Å²) in [5.41, 5.74) is 1.07. The van der Waals surface area contributed by atoms with Gasteiger partial charge in [0.25, 0.3) is 0 Å². The average molecular weight is 176 g/mol. The SMILES string of the molecule is O=c1[nH]nc(Cc2ccccc2)o1. The fourth-order valence-electron chi connectivity index (χ4n) is 1.11. The number of aromatic nitrogens is 2. The van der Waals surface area contributed by atoms with E-state index in [2.05, 4.69) is 10.2 Å². The van der Waals surface area contributed by atoms with Gasteiger partial charge in [-0.3, -0.25) is 0 Å². The molecule has 0 aliphatic carbocycles. The van der Waals surface area contributed by atoms with Crippen LogP contribution in [0.15, 0.2) is 39.5 Å². The molecule has 66 valence electrons. The van der Waals surface area contributed by atoms with Gasteiger partial charge in [-0.1, -0.05) is 30.3 Å². The second kappa shape index (κ2) is 3.26. The standard InChI is InChI=1S/C9H8N2O2/c12-9-11-10-8(13-9)6-7-4-2-1-3-5-7/h1-5H,6H2,(H,11,12). The molecule has 1 heterocycles. The van der Waals surface area contributed by atoms with Crippen molar-refractivity contribution in [1.82, 2.24) is 10.2 Å². The monoisotopic (exact) mass is 176 g/mol. The molecule has 4 nitrogen and oxygen atoms in total. The van der Waals surface area contributed by atoms with Crippen molar-refractivity contribution in [2.75, 3.05) is 0 Å². The Bertz CT molecular complexity index is 430. The first-order valence-corrected chi connectivity index (χ1v) is 3.93. The molecule has 0 atom stereocenters. The van der Waals surface area contributed by atoms with Crippen LogP contribution in [0.3, 0.4) is 0 Å². The van der Waals surface area contributed by atoms with Crippen LogP contribution in [-0.2, 0) is 6.42 Å². The lowest BCUT2D eigenvalue weighted by Gasteiger charge is -1.93. The molecule has 2 rings (SSSR count). The zero-order valence-corrected chi connectivity index (χ0v) is 6.86. The van der Waals surface area contributed by atoms with Crippen molar-refractivity contribution in [2.24, 2.45) is 0 Å². The first-order valence-electron chi connectivity index (χ1n) is 3.93. The maximum absolute atomic E-state index is 10.6. The van der Waals surface area contributed by atoms with Gasteiger partial charge in [0, 0.05) is 0 Å². The fourth-order valence-corrected chi connectivity index (χ4v) is 1.11. The summed E-state index contributed by atoms with van der Waals surface area (Å²) in [5.74, 6) is -0.0952. The van der Waals surface area contributed by atoms with Crippen LogP contribution in [0.25, 0.3) is 0 Å². The second-order valence-electron chi connectivity index (χ2n) is 2.67. The summed E-state index contributed by atoms with van der Waals surface area (Å²) in [6, 6.07) is 9.70. The molecule has 0 bridgehead atoms. The summed E-state index contributed by atoms with van der Waals surface area (Å²) in [7, 11) is 0. The highest BCUT2D eigenvalue weighted by molar-refractivity contribution is 5.17. The van der Waals surface area contributed by atoms with Gasteiger partial charge < -0.3 is 4.42 Å². The van der Waals surface area contributed by atoms with E-state index in [9.17, 15) is 4.79 Å². The minimum Gasteiger partial charge on any atom is -0.392 e. The maximum atomic E-state index is 10.6. The zero-order valence-electron chi connectivity index (χ0n) is 6.86. The smallest absolute Gasteiger partial charge is 0.392 e. The lowest BCUT2D eigenvalue weighted by Crippen LogP contribution is -1.93. The third-order valence-corrected chi connectivity index (χ3v) is 1.68. The van der Waals surface area contributed by atoms with E-state index in [-0.39, 0.29) is 0 Å². The minimum atomic E-state index is -0.508. The third kappa shape index (κ3) is 1.84. The van der Waals surface area contributed by atoms with Gasteiger partial charge in [0.15, 0.2) is 0 Å². The highest BCUT2D eigenvalue weighted by atomic mass is 16.4. The summed E-state index contributed by atoms with van der Waals surface area (Å²) in [6.45, 7) is 0. The van der Waals surface area contributed by atoms with Crippen LogP contribution in [0.4, 0.5) is 0 Å². The Morgan fingerprint density at radius 3 is 2.69 bits per heavy atom. The van der Waals surface area contributed by atoms with Crippen molar-refractivity contribution >= 4 is 0 Å². The van der Waals surface area contributed by atoms with E-state index in [0.29, 0.717) is 12.3 Å². The van der Waals surface area contributed by atoms with Crippen LogP contribution in [0, 0.1) is 0 Å². The number of H-pyrrole nitrogens is 1. The Hall–Kier alpha value is -1.84. The van der Waals surface area contributed by atoms with Crippen molar-refractivity contribution in [3.63, 3.8) is 0 Å². The lowest BCUT2D eigenvalue weighted by atomic mass is 10.2. The van der Waals surface area contributed by atoms with E-state index in [4.69, 9.17) is 4.42 Å². The van der Waals surface area contributed by atoms with E-state index in [1.807, 2.05) is 30.3 Å². The van der Waals surface area contributed by atoms with Crippen LogP contribution < -0.4 is 5.76 Å². The molecule has 0 radical (unpaired) electrons. The molecule has 0 saturated carbocycles. The van der Waals surface area contributed by atoms with E-state index < -0.39 is 5.76 Å². The number of benzene rings is 1. The zero-order chi connectivity index (χ0) is 9.10. The number of nitrogens with zero attached hydrogens (tertiary/aromatic N) is 1. The summed E-state index contributed by atoms with van der Waals surface area (Å²) < 4.78 is 4.77. The average Bonchev–Trinajstić information content (AvgIpc) is 2.53. The largest absolute Gasteiger partial charge is 0.434 e. The van der Waals surface area contributed by atoms with Crippen LogP contribution in [0.1, 0.15) is 11.5 Å². The van der Waals surface area contributed by atoms with Crippen LogP contribution >= 0.6 is 0 Å². The molecule has 0 unspecified atom stereocenters. The lowest BCUT2D eigenvalue weighted by molar-refractivity contribution is 0.471. The highest BCUT2D eigenvalue weighted by Gasteiger charge is 2.01. The quantitative estimate of drug-likeness (QED) is 0.741. The molecule has 2 aromatic rings. The van der Waals surface area contributed by atoms with Gasteiger partial charge in [-0.05, 0) is 5.56 Å². The molecule has 0 amide bonds. The van der Waals surface area contributed by atoms with E-state index in [1.54, 1.807) is 0 Å². The molecular weight excluding hydrogens is 168 g/mol. The fraction of sp³-hybridized carbons (Fsp3) is 0.111. The molecule has 13 heavy (non-hydrogen) atoms. The molecule has 0 spiro atoms. The molecule has 0 fully saturated rings. The van der Waals surface area contributed by atoms with Gasteiger partial charge in [-0.2, -0.15) is 0 Å². The van der Waals surface area contributed by atoms with E-state index in [1.165, 1.54) is 0 Å². The van der Waals surface area contributed by atoms with Gasteiger partial charge in [0.2, 0.25) is 5.89 Å². The molecule has 1 aromatic heterocycles. The molecule has 0 aliphatic rings. The normalized spacial score (nSPS) is 10.2. The van der Waals surface area contributed by atoms with Gasteiger partial charge >= 0.3 is 5.76 Å². The van der Waals surface area contributed by atoms with Crippen molar-refractivity contribution in [1.29, 1.82) is 0 Å². The van der Waals surface area contributed by atoms with Gasteiger partial charge in [0.1, 0.15) is 0 Å². The maximum Gasteiger partial charge on any atom is 0.434 e. The number of rotatable bonds is 2. The molecular formula is C9H8N2O2. The van der Waals surface area contributed by atoms with Crippen LogP contribution in [0.2, 0.25) is 0 Å². The summed E-state index contributed by atoms with van der Waals surface area (Å²) in [5, 5.41) is 5.92. The van der Waals surface area contributed by atoms with Crippen molar-refractivity contribution in [2.45, 2.75) is 6.42 Å². The summed E-state index contributed by atoms with van der Waals surface area (Å²) in [4.78, 5) is 10.6. The molecule has 1 aromatic carbocycles. The molecule has 0 saturated heterocycles. The van der Waals surface area contributed by atoms with E-state index >= 15 is 0 Å². The Balaban J connectivity index is 2.20. The number of hydrogen-bond acceptors (Lipinski definition) is 3. The predicted octanol–water partition coefficient (Wildman–Crippen LogP) is 0.954. The molecule has 0 aliphatic heterocycles. The highest BCUT2D eigenvalue weighted by Crippen LogP contribution is 2.03. The second-order valence-corrected chi connectivity index (χ2v) is 2.67. The van der Waals surface area contributed by atoms with Crippen LogP contribution in [0.5, 0.6) is 0 Å². The van der Waals surface area contributed by atoms with Gasteiger partial charge in [0.05, 0.1) is 6.42 Å². The third-order valence-electron chi connectivity index (χ3n) is 1.68. The Kier molecular flexibility index (Phi) is 1.96. The summed E-state index contributed by atoms with van der Waals surface area (Å²) in [6.07, 6.45) is 0.541. The molecule has 1 N–H and O–H groups in total. The predicted molar refractivity (Wildman–Crippen MR) is 46.4 cm³/mol. The van der Waals surface area contributed by atoms with Gasteiger partial charge in [-0.15, -0.1) is 5.10 Å². The van der Waals surface area contributed by atoms with Crippen LogP contribution in [-0.4, -0.2) is 10.2 Å². The first-order chi connectivity index (χ1) is 6.34. The molecule has 4 heteroatoms. The number of nitrogens with one attached hydrogen (secondary N) is 1. The Morgan fingerprint density at radius 2 is 2.08 bits per heavy atom. The van der Waals surface area contributed by atoms with Crippen molar-refractivity contribution in [3.05, 3.63) is 52.3 Å². The first kappa shape index (κ1) is 7.79. The topological polar surface area (TPSA) is 58.9 Å². The van der Waals surface area contributed by atoms with Crippen molar-refractivity contribution < 1.29 is 4.42 Å². The minimum absolute atomic E-state index is 0.413.